The molecule has 0 aliphatic heterocycles. The van der Waals surface area contributed by atoms with Crippen LogP contribution in [0.2, 0.25) is 0 Å². The molecule has 1 atom stereocenters. The Morgan fingerprint density at radius 1 is 1.69 bits per heavy atom. The number of nitrogens with one attached hydrogen (secondary N) is 1. The first-order valence-electron chi connectivity index (χ1n) is 4.67. The predicted molar refractivity (Wildman–Crippen MR) is 50.3 cm³/mol. The summed E-state index contributed by atoms with van der Waals surface area (Å²) in [6.45, 7) is 2.44. The quantitative estimate of drug-likeness (QED) is 0.650. The third-order valence-electron chi connectivity index (χ3n) is 2.49. The topological polar surface area (TPSA) is 64.3 Å². The van der Waals surface area contributed by atoms with E-state index in [1.807, 2.05) is 6.92 Å². The molecule has 0 aromatic rings. The first kappa shape index (κ1) is 10.5. The van der Waals surface area contributed by atoms with E-state index in [-0.39, 0.29) is 11.9 Å². The molecule has 1 saturated carbocycles. The highest BCUT2D eigenvalue weighted by atomic mass is 16.5. The zero-order valence-electron chi connectivity index (χ0n) is 8.30. The van der Waals surface area contributed by atoms with Crippen molar-refractivity contribution in [2.75, 3.05) is 13.7 Å². The number of ether oxygens (including phenoxy) is 1. The molecule has 0 aromatic heterocycles. The Bertz CT molecular complexity index is 190. The van der Waals surface area contributed by atoms with Gasteiger partial charge in [-0.25, -0.2) is 0 Å². The lowest BCUT2D eigenvalue weighted by molar-refractivity contribution is -0.130. The zero-order chi connectivity index (χ0) is 9.90. The molecule has 3 N–H and O–H groups in total. The predicted octanol–water partition coefficient (Wildman–Crippen LogP) is 0.0189. The third-order valence-corrected chi connectivity index (χ3v) is 2.49. The minimum Gasteiger partial charge on any atom is -0.383 e. The van der Waals surface area contributed by atoms with E-state index >= 15 is 0 Å². The van der Waals surface area contributed by atoms with E-state index in [0.717, 1.165) is 19.3 Å². The van der Waals surface area contributed by atoms with Gasteiger partial charge in [0.15, 0.2) is 0 Å². The smallest absolute Gasteiger partial charge is 0.240 e. The number of hydrogen-bond donors (Lipinski definition) is 2. The summed E-state index contributed by atoms with van der Waals surface area (Å²) < 4.78 is 4.91. The fourth-order valence-electron chi connectivity index (χ4n) is 1.44. The Morgan fingerprint density at radius 2 is 2.31 bits per heavy atom. The van der Waals surface area contributed by atoms with E-state index in [4.69, 9.17) is 10.5 Å². The summed E-state index contributed by atoms with van der Waals surface area (Å²) in [4.78, 5) is 11.5. The third kappa shape index (κ3) is 2.42. The van der Waals surface area contributed by atoms with Crippen LogP contribution in [0.1, 0.15) is 26.2 Å². The molecule has 76 valence electrons. The molecule has 0 radical (unpaired) electrons. The van der Waals surface area contributed by atoms with Crippen molar-refractivity contribution in [2.24, 2.45) is 5.73 Å². The summed E-state index contributed by atoms with van der Waals surface area (Å²) in [5.74, 6) is -0.0386. The van der Waals surface area contributed by atoms with Gasteiger partial charge in [0.1, 0.15) is 0 Å². The van der Waals surface area contributed by atoms with Crippen LogP contribution in [0.5, 0.6) is 0 Å². The maximum absolute atomic E-state index is 11.5. The molecule has 13 heavy (non-hydrogen) atoms. The fraction of sp³-hybridized carbons (Fsp3) is 0.889. The number of carbonyl (C=O) groups is 1. The van der Waals surface area contributed by atoms with E-state index in [1.165, 1.54) is 0 Å². The maximum Gasteiger partial charge on any atom is 0.240 e. The minimum atomic E-state index is -0.595. The van der Waals surface area contributed by atoms with Gasteiger partial charge in [-0.1, -0.05) is 0 Å². The van der Waals surface area contributed by atoms with Crippen LogP contribution in [0.25, 0.3) is 0 Å². The molecular weight excluding hydrogens is 168 g/mol. The molecular formula is C9H18N2O2. The van der Waals surface area contributed by atoms with Crippen LogP contribution in [0.3, 0.4) is 0 Å². The number of nitrogens with two attached hydrogens (primary N) is 1. The van der Waals surface area contributed by atoms with Crippen LogP contribution in [-0.4, -0.2) is 31.2 Å². The second-order valence-electron chi connectivity index (χ2n) is 3.84. The molecule has 1 fully saturated rings. The molecule has 4 nitrogen and oxygen atoms in total. The standard InChI is InChI=1S/C9H18N2O2/c1-7(6-13-2)11-8(12)9(10)4-3-5-9/h7H,3-6,10H2,1-2H3,(H,11,12). The van der Waals surface area contributed by atoms with Crippen LogP contribution in [0.15, 0.2) is 0 Å². The lowest BCUT2D eigenvalue weighted by atomic mass is 9.77. The Labute approximate surface area is 78.8 Å². The van der Waals surface area contributed by atoms with Gasteiger partial charge < -0.3 is 15.8 Å². The van der Waals surface area contributed by atoms with Gasteiger partial charge in [0.25, 0.3) is 0 Å². The van der Waals surface area contributed by atoms with Gasteiger partial charge in [0.05, 0.1) is 12.1 Å². The average molecular weight is 186 g/mol. The number of hydrogen-bond acceptors (Lipinski definition) is 3. The SMILES string of the molecule is COCC(C)NC(=O)C1(N)CCC1. The van der Waals surface area contributed by atoms with Crippen molar-refractivity contribution in [3.63, 3.8) is 0 Å². The van der Waals surface area contributed by atoms with Gasteiger partial charge in [-0.05, 0) is 26.2 Å². The molecule has 0 saturated heterocycles. The molecule has 0 bridgehead atoms. The molecule has 0 aromatic carbocycles. The summed E-state index contributed by atoms with van der Waals surface area (Å²) in [6.07, 6.45) is 2.67. The Morgan fingerprint density at radius 3 is 2.69 bits per heavy atom. The van der Waals surface area contributed by atoms with E-state index in [9.17, 15) is 4.79 Å². The van der Waals surface area contributed by atoms with Crippen molar-refractivity contribution in [2.45, 2.75) is 37.8 Å². The van der Waals surface area contributed by atoms with Gasteiger partial charge in [-0.2, -0.15) is 0 Å². The van der Waals surface area contributed by atoms with Gasteiger partial charge >= 0.3 is 0 Å². The average Bonchev–Trinajstić information content (AvgIpc) is 2.00. The molecule has 1 amide bonds. The highest BCUT2D eigenvalue weighted by Crippen LogP contribution is 2.29. The van der Waals surface area contributed by atoms with Crippen LogP contribution in [0, 0.1) is 0 Å². The summed E-state index contributed by atoms with van der Waals surface area (Å²) in [6, 6.07) is 0.0403. The van der Waals surface area contributed by atoms with E-state index in [0.29, 0.717) is 6.61 Å². The summed E-state index contributed by atoms with van der Waals surface area (Å²) >= 11 is 0. The first-order chi connectivity index (χ1) is 6.08. The summed E-state index contributed by atoms with van der Waals surface area (Å²) in [5.41, 5.74) is 5.24. The Hall–Kier alpha value is -0.610. The first-order valence-corrected chi connectivity index (χ1v) is 4.67. The molecule has 4 heteroatoms. The summed E-state index contributed by atoms with van der Waals surface area (Å²) in [7, 11) is 1.62. The molecule has 1 aliphatic rings. The second kappa shape index (κ2) is 4.07. The molecule has 1 unspecified atom stereocenters. The number of rotatable bonds is 4. The van der Waals surface area contributed by atoms with Gasteiger partial charge in [0.2, 0.25) is 5.91 Å². The maximum atomic E-state index is 11.5. The normalized spacial score (nSPS) is 21.8. The minimum absolute atomic E-state index is 0.0386. The van der Waals surface area contributed by atoms with Crippen LogP contribution in [-0.2, 0) is 9.53 Å². The van der Waals surface area contributed by atoms with E-state index < -0.39 is 5.54 Å². The lowest BCUT2D eigenvalue weighted by Gasteiger charge is -2.37. The van der Waals surface area contributed by atoms with Crippen LogP contribution >= 0.6 is 0 Å². The van der Waals surface area contributed by atoms with Crippen molar-refractivity contribution in [3.8, 4) is 0 Å². The Kier molecular flexibility index (Phi) is 3.27. The number of carbonyl (C=O) groups excluding carboxylic acids is 1. The van der Waals surface area contributed by atoms with Gasteiger partial charge in [0, 0.05) is 13.2 Å². The van der Waals surface area contributed by atoms with Crippen LogP contribution < -0.4 is 11.1 Å². The second-order valence-corrected chi connectivity index (χ2v) is 3.84. The fourth-order valence-corrected chi connectivity index (χ4v) is 1.44. The molecule has 1 rings (SSSR count). The summed E-state index contributed by atoms with van der Waals surface area (Å²) in [5, 5.41) is 2.83. The highest BCUT2D eigenvalue weighted by molar-refractivity contribution is 5.87. The van der Waals surface area contributed by atoms with Crippen molar-refractivity contribution in [1.82, 2.24) is 5.32 Å². The van der Waals surface area contributed by atoms with E-state index in [1.54, 1.807) is 7.11 Å². The number of methoxy groups -OCH3 is 1. The highest BCUT2D eigenvalue weighted by Gasteiger charge is 2.40. The van der Waals surface area contributed by atoms with Gasteiger partial charge in [-0.15, -0.1) is 0 Å². The zero-order valence-corrected chi connectivity index (χ0v) is 8.30. The monoisotopic (exact) mass is 186 g/mol. The van der Waals surface area contributed by atoms with Gasteiger partial charge in [-0.3, -0.25) is 4.79 Å². The van der Waals surface area contributed by atoms with Crippen molar-refractivity contribution in [1.29, 1.82) is 0 Å². The van der Waals surface area contributed by atoms with Crippen LogP contribution in [0.4, 0.5) is 0 Å². The molecule has 0 heterocycles. The van der Waals surface area contributed by atoms with E-state index in [2.05, 4.69) is 5.32 Å². The number of amides is 1. The van der Waals surface area contributed by atoms with Crippen molar-refractivity contribution < 1.29 is 9.53 Å². The van der Waals surface area contributed by atoms with Crippen molar-refractivity contribution in [3.05, 3.63) is 0 Å². The lowest BCUT2D eigenvalue weighted by Crippen LogP contribution is -2.60. The largest absolute Gasteiger partial charge is 0.383 e. The van der Waals surface area contributed by atoms with Crippen molar-refractivity contribution >= 4 is 5.91 Å². The molecule has 1 aliphatic carbocycles. The molecule has 0 spiro atoms. The Balaban J connectivity index is 2.32.